The monoisotopic (exact) mass is 527 g/mol. The predicted octanol–water partition coefficient (Wildman–Crippen LogP) is 4.47. The van der Waals surface area contributed by atoms with E-state index in [4.69, 9.17) is 9.47 Å². The molecule has 0 spiro atoms. The Morgan fingerprint density at radius 3 is 2.51 bits per heavy atom. The minimum atomic E-state index is -3.64. The molecule has 1 fully saturated rings. The van der Waals surface area contributed by atoms with Crippen molar-refractivity contribution >= 4 is 27.3 Å². The Morgan fingerprint density at radius 1 is 1.08 bits per heavy atom. The SMILES string of the molecule is CCOc1ccc(NS(=O)(=O)C(C)/C=C\C=C(/C)C(=O)N2CCCN(c3ccccc3OC)CC2)cc1. The molecule has 1 unspecified atom stereocenters. The van der Waals surface area contributed by atoms with Crippen molar-refractivity contribution in [2.75, 3.05) is 49.5 Å². The topological polar surface area (TPSA) is 88.2 Å². The lowest BCUT2D eigenvalue weighted by molar-refractivity contribution is -0.126. The standard InChI is InChI=1S/C28H37N3O5S/c1-5-36-25-16-14-24(15-17-25)29-37(33,34)23(3)11-8-10-22(2)28(32)31-19-9-18-30(20-21-31)26-12-6-7-13-27(26)35-4/h6-8,10-17,23,29H,5,9,18-21H2,1-4H3/b11-8-,22-10+. The molecule has 8 nitrogen and oxygen atoms in total. The molecule has 9 heteroatoms. The summed E-state index contributed by atoms with van der Waals surface area (Å²) in [6.45, 7) is 8.59. The fourth-order valence-corrected chi connectivity index (χ4v) is 5.02. The van der Waals surface area contributed by atoms with Gasteiger partial charge in [0.25, 0.3) is 0 Å². The lowest BCUT2D eigenvalue weighted by Crippen LogP contribution is -2.35. The lowest BCUT2D eigenvalue weighted by Gasteiger charge is -2.25. The van der Waals surface area contributed by atoms with Gasteiger partial charge in [-0.3, -0.25) is 9.52 Å². The quantitative estimate of drug-likeness (QED) is 0.362. The Balaban J connectivity index is 1.57. The van der Waals surface area contributed by atoms with Crippen molar-refractivity contribution in [3.63, 3.8) is 0 Å². The Labute approximate surface area is 220 Å². The first-order chi connectivity index (χ1) is 17.7. The number of rotatable bonds is 10. The summed E-state index contributed by atoms with van der Waals surface area (Å²) < 4.78 is 38.9. The molecule has 1 aliphatic heterocycles. The second kappa shape index (κ2) is 13.2. The minimum Gasteiger partial charge on any atom is -0.495 e. The van der Waals surface area contributed by atoms with E-state index in [9.17, 15) is 13.2 Å². The number of carbonyl (C=O) groups is 1. The largest absolute Gasteiger partial charge is 0.495 e. The molecule has 1 saturated heterocycles. The molecule has 1 aliphatic rings. The van der Waals surface area contributed by atoms with E-state index in [1.54, 1.807) is 63.5 Å². The summed E-state index contributed by atoms with van der Waals surface area (Å²) >= 11 is 0. The van der Waals surface area contributed by atoms with Gasteiger partial charge >= 0.3 is 0 Å². The van der Waals surface area contributed by atoms with Gasteiger partial charge in [-0.25, -0.2) is 8.42 Å². The van der Waals surface area contributed by atoms with Crippen LogP contribution in [0.1, 0.15) is 27.2 Å². The zero-order valence-electron chi connectivity index (χ0n) is 22.0. The summed E-state index contributed by atoms with van der Waals surface area (Å²) in [5.74, 6) is 1.46. The van der Waals surface area contributed by atoms with Crippen molar-refractivity contribution in [3.8, 4) is 11.5 Å². The van der Waals surface area contributed by atoms with Gasteiger partial charge in [0.1, 0.15) is 11.5 Å². The molecule has 200 valence electrons. The maximum absolute atomic E-state index is 13.0. The van der Waals surface area contributed by atoms with E-state index in [-0.39, 0.29) is 5.91 Å². The van der Waals surface area contributed by atoms with Gasteiger partial charge in [-0.2, -0.15) is 0 Å². The van der Waals surface area contributed by atoms with Crippen LogP contribution in [-0.4, -0.2) is 64.4 Å². The van der Waals surface area contributed by atoms with Gasteiger partial charge < -0.3 is 19.3 Å². The molecular weight excluding hydrogens is 490 g/mol. The van der Waals surface area contributed by atoms with Crippen molar-refractivity contribution in [2.24, 2.45) is 0 Å². The summed E-state index contributed by atoms with van der Waals surface area (Å²) in [6, 6.07) is 14.7. The van der Waals surface area contributed by atoms with E-state index in [1.807, 2.05) is 36.1 Å². The van der Waals surface area contributed by atoms with Gasteiger partial charge in [-0.05, 0) is 63.6 Å². The van der Waals surface area contributed by atoms with E-state index in [0.717, 1.165) is 24.4 Å². The Morgan fingerprint density at radius 2 is 1.81 bits per heavy atom. The summed E-state index contributed by atoms with van der Waals surface area (Å²) in [5.41, 5.74) is 2.06. The van der Waals surface area contributed by atoms with E-state index < -0.39 is 15.3 Å². The van der Waals surface area contributed by atoms with Gasteiger partial charge in [0.2, 0.25) is 15.9 Å². The molecule has 0 bridgehead atoms. The first-order valence-electron chi connectivity index (χ1n) is 12.5. The first-order valence-corrected chi connectivity index (χ1v) is 14.1. The van der Waals surface area contributed by atoms with E-state index in [0.29, 0.717) is 43.3 Å². The number of amides is 1. The first kappa shape index (κ1) is 28.1. The summed E-state index contributed by atoms with van der Waals surface area (Å²) in [7, 11) is -1.98. The maximum Gasteiger partial charge on any atom is 0.249 e. The molecule has 0 aliphatic carbocycles. The molecule has 2 aromatic carbocycles. The Kier molecular flexibility index (Phi) is 10.0. The highest BCUT2D eigenvalue weighted by molar-refractivity contribution is 7.93. The van der Waals surface area contributed by atoms with Gasteiger partial charge in [0.05, 0.1) is 24.7 Å². The summed E-state index contributed by atoms with van der Waals surface area (Å²) in [5, 5.41) is -0.786. The van der Waals surface area contributed by atoms with E-state index in [1.165, 1.54) is 0 Å². The highest BCUT2D eigenvalue weighted by atomic mass is 32.2. The van der Waals surface area contributed by atoms with Gasteiger partial charge in [0, 0.05) is 37.4 Å². The number of allylic oxidation sites excluding steroid dienone is 2. The number of ether oxygens (including phenoxy) is 2. The maximum atomic E-state index is 13.0. The zero-order valence-corrected chi connectivity index (χ0v) is 22.8. The molecule has 0 radical (unpaired) electrons. The number of hydrogen-bond acceptors (Lipinski definition) is 6. The van der Waals surface area contributed by atoms with Crippen LogP contribution in [0.4, 0.5) is 11.4 Å². The molecule has 1 amide bonds. The number of carbonyl (C=O) groups excluding carboxylic acids is 1. The Hall–Kier alpha value is -3.46. The third kappa shape index (κ3) is 7.76. The molecule has 1 atom stereocenters. The number of nitrogens with zero attached hydrogens (tertiary/aromatic N) is 2. The van der Waals surface area contributed by atoms with Gasteiger partial charge in [0.15, 0.2) is 0 Å². The fourth-order valence-electron chi connectivity index (χ4n) is 4.08. The van der Waals surface area contributed by atoms with Crippen LogP contribution in [0.25, 0.3) is 0 Å². The van der Waals surface area contributed by atoms with Crippen LogP contribution in [0.5, 0.6) is 11.5 Å². The van der Waals surface area contributed by atoms with Crippen molar-refractivity contribution in [3.05, 3.63) is 72.3 Å². The van der Waals surface area contributed by atoms with Crippen LogP contribution in [0.15, 0.2) is 72.3 Å². The van der Waals surface area contributed by atoms with Crippen LogP contribution in [-0.2, 0) is 14.8 Å². The third-order valence-corrected chi connectivity index (χ3v) is 7.85. The van der Waals surface area contributed by atoms with Crippen molar-refractivity contribution in [2.45, 2.75) is 32.4 Å². The Bertz CT molecular complexity index is 1210. The molecule has 0 aromatic heterocycles. The lowest BCUT2D eigenvalue weighted by atomic mass is 10.2. The molecule has 0 saturated carbocycles. The van der Waals surface area contributed by atoms with Crippen molar-refractivity contribution < 1.29 is 22.7 Å². The number of para-hydroxylation sites is 2. The average molecular weight is 528 g/mol. The van der Waals surface area contributed by atoms with Crippen LogP contribution < -0.4 is 19.1 Å². The summed E-state index contributed by atoms with van der Waals surface area (Å²) in [4.78, 5) is 17.1. The number of methoxy groups -OCH3 is 1. The molecule has 1 N–H and O–H groups in total. The summed E-state index contributed by atoms with van der Waals surface area (Å²) in [6.07, 6.45) is 5.72. The van der Waals surface area contributed by atoms with Crippen molar-refractivity contribution in [1.82, 2.24) is 4.90 Å². The second-order valence-corrected chi connectivity index (χ2v) is 10.9. The number of anilines is 2. The second-order valence-electron chi connectivity index (χ2n) is 8.85. The zero-order chi connectivity index (χ0) is 26.8. The normalized spacial score (nSPS) is 15.8. The molecule has 2 aromatic rings. The van der Waals surface area contributed by atoms with Crippen LogP contribution in [0.2, 0.25) is 0 Å². The third-order valence-electron chi connectivity index (χ3n) is 6.19. The number of benzene rings is 2. The van der Waals surface area contributed by atoms with Crippen LogP contribution in [0.3, 0.4) is 0 Å². The number of sulfonamides is 1. The van der Waals surface area contributed by atoms with E-state index in [2.05, 4.69) is 9.62 Å². The molecular formula is C28H37N3O5S. The number of nitrogens with one attached hydrogen (secondary N) is 1. The smallest absolute Gasteiger partial charge is 0.249 e. The van der Waals surface area contributed by atoms with Crippen molar-refractivity contribution in [1.29, 1.82) is 0 Å². The van der Waals surface area contributed by atoms with Crippen LogP contribution in [0, 0.1) is 0 Å². The molecule has 3 rings (SSSR count). The highest BCUT2D eigenvalue weighted by Gasteiger charge is 2.22. The molecule has 37 heavy (non-hydrogen) atoms. The highest BCUT2D eigenvalue weighted by Crippen LogP contribution is 2.28. The minimum absolute atomic E-state index is 0.0467. The number of hydrogen-bond donors (Lipinski definition) is 1. The average Bonchev–Trinajstić information content (AvgIpc) is 3.15. The van der Waals surface area contributed by atoms with Gasteiger partial charge in [-0.1, -0.05) is 30.4 Å². The predicted molar refractivity (Wildman–Crippen MR) is 149 cm³/mol. The van der Waals surface area contributed by atoms with E-state index >= 15 is 0 Å². The van der Waals surface area contributed by atoms with Crippen LogP contribution >= 0.6 is 0 Å². The molecule has 1 heterocycles. The van der Waals surface area contributed by atoms with Gasteiger partial charge in [-0.15, -0.1) is 0 Å². The fraction of sp³-hybridized carbons (Fsp3) is 0.393.